The van der Waals surface area contributed by atoms with Gasteiger partial charge in [-0.1, -0.05) is 26.8 Å². The molecule has 2 unspecified atom stereocenters. The van der Waals surface area contributed by atoms with E-state index in [1.54, 1.807) is 12.5 Å². The van der Waals surface area contributed by atoms with Gasteiger partial charge in [-0.05, 0) is 23.1 Å². The SMILES string of the molecule is CC(C)(C)c1ccc2c(c1)C(O)C(n1ccnc1)CO2. The molecule has 20 heavy (non-hydrogen) atoms. The van der Waals surface area contributed by atoms with E-state index in [2.05, 4.69) is 37.9 Å². The van der Waals surface area contributed by atoms with E-state index in [0.29, 0.717) is 6.61 Å². The van der Waals surface area contributed by atoms with Gasteiger partial charge >= 0.3 is 0 Å². The van der Waals surface area contributed by atoms with Gasteiger partial charge < -0.3 is 14.4 Å². The van der Waals surface area contributed by atoms with E-state index in [0.717, 1.165) is 11.3 Å². The maximum absolute atomic E-state index is 10.7. The van der Waals surface area contributed by atoms with Crippen molar-refractivity contribution < 1.29 is 9.84 Å². The Bertz CT molecular complexity index is 599. The zero-order chi connectivity index (χ0) is 14.3. The van der Waals surface area contributed by atoms with Crippen LogP contribution in [0.4, 0.5) is 0 Å². The fraction of sp³-hybridized carbons (Fsp3) is 0.438. The zero-order valence-corrected chi connectivity index (χ0v) is 12.1. The van der Waals surface area contributed by atoms with Gasteiger partial charge in [0.05, 0.1) is 12.4 Å². The molecular formula is C16H20N2O2. The molecule has 106 valence electrons. The molecule has 2 atom stereocenters. The molecule has 1 N–H and O–H groups in total. The van der Waals surface area contributed by atoms with Gasteiger partial charge in [-0.15, -0.1) is 0 Å². The first-order chi connectivity index (χ1) is 9.47. The van der Waals surface area contributed by atoms with Gasteiger partial charge in [0.1, 0.15) is 18.5 Å². The Morgan fingerprint density at radius 3 is 2.80 bits per heavy atom. The smallest absolute Gasteiger partial charge is 0.125 e. The van der Waals surface area contributed by atoms with Crippen LogP contribution in [0.25, 0.3) is 0 Å². The van der Waals surface area contributed by atoms with Crippen molar-refractivity contribution in [1.29, 1.82) is 0 Å². The molecule has 0 saturated carbocycles. The third kappa shape index (κ3) is 2.20. The summed E-state index contributed by atoms with van der Waals surface area (Å²) in [5, 5.41) is 10.7. The molecule has 1 aliphatic rings. The number of imidazole rings is 1. The Balaban J connectivity index is 1.99. The Kier molecular flexibility index (Phi) is 3.05. The van der Waals surface area contributed by atoms with Crippen LogP contribution in [0.2, 0.25) is 0 Å². The second-order valence-electron chi connectivity index (χ2n) is 6.34. The zero-order valence-electron chi connectivity index (χ0n) is 12.1. The molecule has 1 aromatic heterocycles. The van der Waals surface area contributed by atoms with Gasteiger partial charge in [0.25, 0.3) is 0 Å². The summed E-state index contributed by atoms with van der Waals surface area (Å²) in [5.74, 6) is 0.780. The Labute approximate surface area is 119 Å². The molecule has 0 bridgehead atoms. The normalized spacial score (nSPS) is 22.2. The topological polar surface area (TPSA) is 47.3 Å². The van der Waals surface area contributed by atoms with Crippen LogP contribution >= 0.6 is 0 Å². The van der Waals surface area contributed by atoms with E-state index < -0.39 is 6.10 Å². The first-order valence-corrected chi connectivity index (χ1v) is 6.89. The largest absolute Gasteiger partial charge is 0.491 e. The van der Waals surface area contributed by atoms with Crippen molar-refractivity contribution in [1.82, 2.24) is 9.55 Å². The monoisotopic (exact) mass is 272 g/mol. The number of aliphatic hydroxyl groups excluding tert-OH is 1. The molecule has 1 aliphatic heterocycles. The highest BCUT2D eigenvalue weighted by molar-refractivity contribution is 5.42. The lowest BCUT2D eigenvalue weighted by atomic mass is 9.84. The van der Waals surface area contributed by atoms with Crippen LogP contribution in [0.1, 0.15) is 44.0 Å². The molecule has 0 radical (unpaired) electrons. The fourth-order valence-electron chi connectivity index (χ4n) is 2.57. The summed E-state index contributed by atoms with van der Waals surface area (Å²) in [6, 6.07) is 5.97. The summed E-state index contributed by atoms with van der Waals surface area (Å²) < 4.78 is 7.69. The van der Waals surface area contributed by atoms with Crippen molar-refractivity contribution in [3.63, 3.8) is 0 Å². The number of hydrogen-bond acceptors (Lipinski definition) is 3. The van der Waals surface area contributed by atoms with Gasteiger partial charge in [-0.3, -0.25) is 0 Å². The minimum Gasteiger partial charge on any atom is -0.491 e. The minimum absolute atomic E-state index is 0.0523. The van der Waals surface area contributed by atoms with E-state index in [9.17, 15) is 5.11 Å². The molecule has 4 nitrogen and oxygen atoms in total. The van der Waals surface area contributed by atoms with Crippen LogP contribution in [0.15, 0.2) is 36.9 Å². The number of benzene rings is 1. The quantitative estimate of drug-likeness (QED) is 0.868. The number of fused-ring (bicyclic) bond motifs is 1. The summed E-state index contributed by atoms with van der Waals surface area (Å²) in [7, 11) is 0. The van der Waals surface area contributed by atoms with E-state index in [1.165, 1.54) is 5.56 Å². The lowest BCUT2D eigenvalue weighted by Gasteiger charge is -2.32. The standard InChI is InChI=1S/C16H20N2O2/c1-16(2,3)11-4-5-14-12(8-11)15(19)13(9-20-14)18-7-6-17-10-18/h4-8,10,13,15,19H,9H2,1-3H3. The number of nitrogens with zero attached hydrogens (tertiary/aromatic N) is 2. The number of aromatic nitrogens is 2. The van der Waals surface area contributed by atoms with Gasteiger partial charge in [0.2, 0.25) is 0 Å². The van der Waals surface area contributed by atoms with Crippen molar-refractivity contribution in [3.8, 4) is 5.75 Å². The first kappa shape index (κ1) is 13.2. The predicted octanol–water partition coefficient (Wildman–Crippen LogP) is 2.85. The van der Waals surface area contributed by atoms with Crippen molar-refractivity contribution in [2.45, 2.75) is 38.3 Å². The number of rotatable bonds is 1. The van der Waals surface area contributed by atoms with Crippen LogP contribution in [-0.2, 0) is 5.41 Å². The number of hydrogen-bond donors (Lipinski definition) is 1. The van der Waals surface area contributed by atoms with E-state index >= 15 is 0 Å². The molecule has 1 aromatic carbocycles. The molecule has 0 saturated heterocycles. The molecule has 2 aromatic rings. The Hall–Kier alpha value is -1.81. The molecule has 0 fully saturated rings. The third-order valence-electron chi connectivity index (χ3n) is 3.88. The Morgan fingerprint density at radius 1 is 1.35 bits per heavy atom. The van der Waals surface area contributed by atoms with Gasteiger partial charge in [-0.2, -0.15) is 0 Å². The first-order valence-electron chi connectivity index (χ1n) is 6.89. The van der Waals surface area contributed by atoms with E-state index in [1.807, 2.05) is 16.8 Å². The summed E-state index contributed by atoms with van der Waals surface area (Å²) in [4.78, 5) is 4.04. The van der Waals surface area contributed by atoms with Crippen LogP contribution < -0.4 is 4.74 Å². The van der Waals surface area contributed by atoms with E-state index in [4.69, 9.17) is 4.74 Å². The third-order valence-corrected chi connectivity index (χ3v) is 3.88. The van der Waals surface area contributed by atoms with Crippen LogP contribution in [0.5, 0.6) is 5.75 Å². The van der Waals surface area contributed by atoms with Crippen molar-refractivity contribution in [2.24, 2.45) is 0 Å². The molecule has 0 amide bonds. The summed E-state index contributed by atoms with van der Waals surface area (Å²) in [5.41, 5.74) is 2.11. The maximum atomic E-state index is 10.7. The number of ether oxygens (including phenoxy) is 1. The highest BCUT2D eigenvalue weighted by atomic mass is 16.5. The average Bonchev–Trinajstić information content (AvgIpc) is 2.91. The molecule has 0 aliphatic carbocycles. The second-order valence-corrected chi connectivity index (χ2v) is 6.34. The molecule has 2 heterocycles. The second kappa shape index (κ2) is 4.63. The maximum Gasteiger partial charge on any atom is 0.125 e. The fourth-order valence-corrected chi connectivity index (χ4v) is 2.57. The van der Waals surface area contributed by atoms with Crippen molar-refractivity contribution in [3.05, 3.63) is 48.0 Å². The summed E-state index contributed by atoms with van der Waals surface area (Å²) >= 11 is 0. The summed E-state index contributed by atoms with van der Waals surface area (Å²) in [6.45, 7) is 6.95. The van der Waals surface area contributed by atoms with Crippen LogP contribution in [-0.4, -0.2) is 21.3 Å². The van der Waals surface area contributed by atoms with Crippen molar-refractivity contribution >= 4 is 0 Å². The molecule has 0 spiro atoms. The molecular weight excluding hydrogens is 252 g/mol. The average molecular weight is 272 g/mol. The highest BCUT2D eigenvalue weighted by Gasteiger charge is 2.31. The van der Waals surface area contributed by atoms with Gasteiger partial charge in [0, 0.05) is 18.0 Å². The predicted molar refractivity (Wildman–Crippen MR) is 76.9 cm³/mol. The lowest BCUT2D eigenvalue weighted by molar-refractivity contribution is 0.0567. The van der Waals surface area contributed by atoms with E-state index in [-0.39, 0.29) is 11.5 Å². The number of aliphatic hydroxyl groups is 1. The summed E-state index contributed by atoms with van der Waals surface area (Å²) in [6.07, 6.45) is 4.72. The van der Waals surface area contributed by atoms with Gasteiger partial charge in [-0.25, -0.2) is 4.98 Å². The van der Waals surface area contributed by atoms with Crippen molar-refractivity contribution in [2.75, 3.05) is 6.61 Å². The lowest BCUT2D eigenvalue weighted by Crippen LogP contribution is -2.28. The van der Waals surface area contributed by atoms with Gasteiger partial charge in [0.15, 0.2) is 0 Å². The highest BCUT2D eigenvalue weighted by Crippen LogP contribution is 2.39. The molecule has 3 rings (SSSR count). The molecule has 4 heteroatoms. The minimum atomic E-state index is -0.574. The Morgan fingerprint density at radius 2 is 2.15 bits per heavy atom. The van der Waals surface area contributed by atoms with Crippen LogP contribution in [0.3, 0.4) is 0 Å². The van der Waals surface area contributed by atoms with Crippen LogP contribution in [0, 0.1) is 0 Å².